The first-order valence-electron chi connectivity index (χ1n) is 4.64. The van der Waals surface area contributed by atoms with Gasteiger partial charge in [-0.2, -0.15) is 0 Å². The zero-order valence-electron chi connectivity index (χ0n) is 8.23. The highest BCUT2D eigenvalue weighted by Crippen LogP contribution is 2.10. The topological polar surface area (TPSA) is 28.0 Å². The van der Waals surface area contributed by atoms with Gasteiger partial charge in [0, 0.05) is 17.5 Å². The lowest BCUT2D eigenvalue weighted by Gasteiger charge is -2.12. The fourth-order valence-electron chi connectivity index (χ4n) is 0.973. The Morgan fingerprint density at radius 1 is 1.29 bits per heavy atom. The van der Waals surface area contributed by atoms with Crippen LogP contribution in [0.5, 0.6) is 0 Å². The number of benzene rings is 1. The van der Waals surface area contributed by atoms with Crippen LogP contribution >= 0.6 is 22.6 Å². The summed E-state index contributed by atoms with van der Waals surface area (Å²) in [5.41, 5.74) is 0.902. The summed E-state index contributed by atoms with van der Waals surface area (Å²) in [6.07, 6.45) is 0. The Hall–Kier alpha value is -0.650. The zero-order chi connectivity index (χ0) is 10.2. The number of nitrogens with zero attached hydrogens (tertiary/aromatic N) is 3. The Balaban J connectivity index is 2.53. The van der Waals surface area contributed by atoms with Gasteiger partial charge >= 0.3 is 0 Å². The van der Waals surface area contributed by atoms with Crippen molar-refractivity contribution in [2.24, 2.45) is 10.3 Å². The van der Waals surface area contributed by atoms with E-state index in [1.165, 1.54) is 0 Å². The van der Waals surface area contributed by atoms with Crippen LogP contribution in [-0.4, -0.2) is 22.5 Å². The van der Waals surface area contributed by atoms with E-state index in [2.05, 4.69) is 39.9 Å². The van der Waals surface area contributed by atoms with Crippen molar-refractivity contribution >= 4 is 28.3 Å². The van der Waals surface area contributed by atoms with Crippen LogP contribution < -0.4 is 0 Å². The molecular formula is C10H14IN3. The lowest BCUT2D eigenvalue weighted by molar-refractivity contribution is 0.305. The lowest BCUT2D eigenvalue weighted by Crippen LogP contribution is -2.18. The van der Waals surface area contributed by atoms with Crippen LogP contribution in [0.4, 0.5) is 5.69 Å². The largest absolute Gasteiger partial charge is 0.278 e. The van der Waals surface area contributed by atoms with E-state index in [-0.39, 0.29) is 0 Å². The van der Waals surface area contributed by atoms with E-state index < -0.39 is 0 Å². The SMILES string of the molecule is CCN(CCI)N=Nc1ccccc1. The van der Waals surface area contributed by atoms with Crippen molar-refractivity contribution in [3.8, 4) is 0 Å². The second-order valence-corrected chi connectivity index (χ2v) is 3.84. The molecule has 0 aliphatic rings. The molecule has 1 aromatic rings. The van der Waals surface area contributed by atoms with Gasteiger partial charge in [0.25, 0.3) is 0 Å². The minimum Gasteiger partial charge on any atom is -0.278 e. The highest BCUT2D eigenvalue weighted by Gasteiger charge is 1.95. The summed E-state index contributed by atoms with van der Waals surface area (Å²) in [4.78, 5) is 0. The zero-order valence-corrected chi connectivity index (χ0v) is 10.4. The first kappa shape index (κ1) is 11.4. The van der Waals surface area contributed by atoms with E-state index in [1.807, 2.05) is 35.3 Å². The summed E-state index contributed by atoms with van der Waals surface area (Å²) >= 11 is 2.34. The number of rotatable bonds is 5. The minimum absolute atomic E-state index is 0.902. The van der Waals surface area contributed by atoms with Crippen LogP contribution in [-0.2, 0) is 0 Å². The summed E-state index contributed by atoms with van der Waals surface area (Å²) in [6, 6.07) is 9.79. The third-order valence-electron chi connectivity index (χ3n) is 1.75. The highest BCUT2D eigenvalue weighted by atomic mass is 127. The summed E-state index contributed by atoms with van der Waals surface area (Å²) in [5, 5.41) is 10.3. The monoisotopic (exact) mass is 303 g/mol. The van der Waals surface area contributed by atoms with Crippen molar-refractivity contribution in [1.82, 2.24) is 5.01 Å². The standard InChI is InChI=1S/C10H14IN3/c1-2-14(9-8-11)13-12-10-6-4-3-5-7-10/h3-7H,2,8-9H2,1H3. The Kier molecular flexibility index (Phi) is 5.51. The van der Waals surface area contributed by atoms with Gasteiger partial charge in [-0.15, -0.1) is 5.11 Å². The molecule has 0 fully saturated rings. The van der Waals surface area contributed by atoms with Crippen molar-refractivity contribution < 1.29 is 0 Å². The molecule has 0 amide bonds. The van der Waals surface area contributed by atoms with E-state index in [9.17, 15) is 0 Å². The third kappa shape index (κ3) is 4.04. The second-order valence-electron chi connectivity index (χ2n) is 2.76. The summed E-state index contributed by atoms with van der Waals surface area (Å²) in [7, 11) is 0. The van der Waals surface area contributed by atoms with Crippen LogP contribution in [0.15, 0.2) is 40.7 Å². The molecule has 4 heteroatoms. The fraction of sp³-hybridized carbons (Fsp3) is 0.400. The normalized spacial score (nSPS) is 10.7. The van der Waals surface area contributed by atoms with Crippen LogP contribution in [0.1, 0.15) is 6.92 Å². The van der Waals surface area contributed by atoms with Gasteiger partial charge in [0.1, 0.15) is 0 Å². The predicted octanol–water partition coefficient (Wildman–Crippen LogP) is 3.44. The van der Waals surface area contributed by atoms with Crippen LogP contribution in [0.25, 0.3) is 0 Å². The van der Waals surface area contributed by atoms with Gasteiger partial charge in [0.2, 0.25) is 0 Å². The molecule has 0 spiro atoms. The molecule has 0 bridgehead atoms. The Labute approximate surface area is 98.3 Å². The minimum atomic E-state index is 0.902. The van der Waals surface area contributed by atoms with Crippen molar-refractivity contribution in [2.75, 3.05) is 17.5 Å². The third-order valence-corrected chi connectivity index (χ3v) is 2.23. The van der Waals surface area contributed by atoms with Crippen LogP contribution in [0, 0.1) is 0 Å². The van der Waals surface area contributed by atoms with Gasteiger partial charge in [-0.25, -0.2) is 0 Å². The molecule has 0 atom stereocenters. The smallest absolute Gasteiger partial charge is 0.0874 e. The molecule has 0 heterocycles. The number of hydrogen-bond acceptors (Lipinski definition) is 2. The predicted molar refractivity (Wildman–Crippen MR) is 67.1 cm³/mol. The number of halogens is 1. The molecule has 14 heavy (non-hydrogen) atoms. The molecular weight excluding hydrogens is 289 g/mol. The first-order chi connectivity index (χ1) is 6.86. The van der Waals surface area contributed by atoms with Gasteiger partial charge in [0.05, 0.1) is 5.69 Å². The molecule has 0 unspecified atom stereocenters. The average Bonchev–Trinajstić information content (AvgIpc) is 2.25. The maximum Gasteiger partial charge on any atom is 0.0874 e. The van der Waals surface area contributed by atoms with Crippen molar-refractivity contribution in [2.45, 2.75) is 6.92 Å². The number of hydrogen-bond donors (Lipinski definition) is 0. The molecule has 76 valence electrons. The van der Waals surface area contributed by atoms with Gasteiger partial charge in [-0.1, -0.05) is 46.0 Å². The van der Waals surface area contributed by atoms with Crippen LogP contribution in [0.3, 0.4) is 0 Å². The quantitative estimate of drug-likeness (QED) is 0.354. The van der Waals surface area contributed by atoms with Gasteiger partial charge in [-0.05, 0) is 19.1 Å². The summed E-state index contributed by atoms with van der Waals surface area (Å²) < 4.78 is 1.07. The second kappa shape index (κ2) is 6.75. The van der Waals surface area contributed by atoms with Gasteiger partial charge in [0.15, 0.2) is 0 Å². The molecule has 0 aliphatic carbocycles. The number of alkyl halides is 1. The van der Waals surface area contributed by atoms with E-state index in [0.717, 1.165) is 23.2 Å². The van der Waals surface area contributed by atoms with Crippen molar-refractivity contribution in [3.05, 3.63) is 30.3 Å². The molecule has 0 aliphatic heterocycles. The Morgan fingerprint density at radius 3 is 2.57 bits per heavy atom. The van der Waals surface area contributed by atoms with E-state index in [1.54, 1.807) is 0 Å². The van der Waals surface area contributed by atoms with Crippen molar-refractivity contribution in [3.63, 3.8) is 0 Å². The van der Waals surface area contributed by atoms with Gasteiger partial charge < -0.3 is 0 Å². The Morgan fingerprint density at radius 2 is 2.00 bits per heavy atom. The van der Waals surface area contributed by atoms with E-state index in [4.69, 9.17) is 0 Å². The first-order valence-corrected chi connectivity index (χ1v) is 6.17. The van der Waals surface area contributed by atoms with Gasteiger partial charge in [-0.3, -0.25) is 5.01 Å². The molecule has 0 saturated heterocycles. The lowest BCUT2D eigenvalue weighted by atomic mass is 10.3. The van der Waals surface area contributed by atoms with E-state index >= 15 is 0 Å². The molecule has 0 aromatic heterocycles. The fourth-order valence-corrected chi connectivity index (χ4v) is 1.53. The summed E-state index contributed by atoms with van der Waals surface area (Å²) in [6.45, 7) is 3.93. The molecule has 3 nitrogen and oxygen atoms in total. The van der Waals surface area contributed by atoms with E-state index in [0.29, 0.717) is 0 Å². The molecule has 1 rings (SSSR count). The Bertz CT molecular complexity index is 274. The maximum absolute atomic E-state index is 4.16. The maximum atomic E-state index is 4.16. The highest BCUT2D eigenvalue weighted by molar-refractivity contribution is 14.1. The molecule has 0 saturated carbocycles. The molecule has 1 aromatic carbocycles. The van der Waals surface area contributed by atoms with Crippen LogP contribution in [0.2, 0.25) is 0 Å². The summed E-state index contributed by atoms with van der Waals surface area (Å²) in [5.74, 6) is 0. The molecule has 0 radical (unpaired) electrons. The molecule has 0 N–H and O–H groups in total. The average molecular weight is 303 g/mol. The van der Waals surface area contributed by atoms with Crippen molar-refractivity contribution in [1.29, 1.82) is 0 Å².